The lowest BCUT2D eigenvalue weighted by molar-refractivity contribution is -0.137. The van der Waals surface area contributed by atoms with Crippen LogP contribution < -0.4 is 0 Å². The van der Waals surface area contributed by atoms with E-state index in [1.807, 2.05) is 0 Å². The fraction of sp³-hybridized carbons (Fsp3) is 0.125. The lowest BCUT2D eigenvalue weighted by Crippen LogP contribution is -2.05. The Labute approximate surface area is 77.1 Å². The van der Waals surface area contributed by atoms with Crippen LogP contribution in [0.4, 0.5) is 13.2 Å². The van der Waals surface area contributed by atoms with Crippen molar-refractivity contribution in [2.45, 2.75) is 6.18 Å². The maximum Gasteiger partial charge on any atom is 0.416 e. The van der Waals surface area contributed by atoms with Gasteiger partial charge in [-0.1, -0.05) is 11.6 Å². The van der Waals surface area contributed by atoms with Crippen molar-refractivity contribution in [2.24, 2.45) is 0 Å². The van der Waals surface area contributed by atoms with Crippen LogP contribution in [-0.4, -0.2) is 6.29 Å². The van der Waals surface area contributed by atoms with E-state index < -0.39 is 11.7 Å². The SMILES string of the molecule is O=[C]c1cc(C(F)(F)F)ccc1Cl. The van der Waals surface area contributed by atoms with Gasteiger partial charge in [-0.05, 0) is 18.2 Å². The van der Waals surface area contributed by atoms with Gasteiger partial charge in [-0.3, -0.25) is 4.79 Å². The standard InChI is InChI=1S/C8H3ClF3O/c9-7-2-1-6(8(10,11)12)3-5(7)4-13/h1-3H. The predicted molar refractivity (Wildman–Crippen MR) is 41.2 cm³/mol. The molecule has 1 radical (unpaired) electrons. The molecular weight excluding hydrogens is 205 g/mol. The van der Waals surface area contributed by atoms with E-state index in [4.69, 9.17) is 11.6 Å². The van der Waals surface area contributed by atoms with E-state index in [1.54, 1.807) is 0 Å². The van der Waals surface area contributed by atoms with Gasteiger partial charge < -0.3 is 0 Å². The van der Waals surface area contributed by atoms with Crippen LogP contribution in [0.3, 0.4) is 0 Å². The van der Waals surface area contributed by atoms with Gasteiger partial charge in [0.1, 0.15) is 0 Å². The third-order valence-electron chi connectivity index (χ3n) is 1.40. The lowest BCUT2D eigenvalue weighted by atomic mass is 10.1. The first-order valence-corrected chi connectivity index (χ1v) is 3.58. The lowest BCUT2D eigenvalue weighted by Gasteiger charge is -2.06. The minimum absolute atomic E-state index is 0.0389. The van der Waals surface area contributed by atoms with Gasteiger partial charge in [0.2, 0.25) is 6.29 Å². The third-order valence-corrected chi connectivity index (χ3v) is 1.73. The minimum atomic E-state index is -4.46. The molecule has 0 heterocycles. The molecule has 13 heavy (non-hydrogen) atoms. The monoisotopic (exact) mass is 207 g/mol. The normalized spacial score (nSPS) is 11.4. The van der Waals surface area contributed by atoms with Crippen molar-refractivity contribution in [3.8, 4) is 0 Å². The van der Waals surface area contributed by atoms with E-state index in [2.05, 4.69) is 0 Å². The van der Waals surface area contributed by atoms with E-state index in [0.717, 1.165) is 12.1 Å². The van der Waals surface area contributed by atoms with E-state index in [9.17, 15) is 18.0 Å². The number of halogens is 4. The zero-order chi connectivity index (χ0) is 10.1. The van der Waals surface area contributed by atoms with Crippen LogP contribution >= 0.6 is 11.6 Å². The number of benzene rings is 1. The molecule has 0 aliphatic rings. The highest BCUT2D eigenvalue weighted by Gasteiger charge is 2.30. The highest BCUT2D eigenvalue weighted by molar-refractivity contribution is 6.32. The third kappa shape index (κ3) is 2.21. The smallest absolute Gasteiger partial charge is 0.285 e. The van der Waals surface area contributed by atoms with Crippen LogP contribution in [0, 0.1) is 0 Å². The Morgan fingerprint density at radius 3 is 2.38 bits per heavy atom. The molecule has 1 nitrogen and oxygen atoms in total. The van der Waals surface area contributed by atoms with Crippen molar-refractivity contribution in [2.75, 3.05) is 0 Å². The number of alkyl halides is 3. The predicted octanol–water partition coefficient (Wildman–Crippen LogP) is 2.82. The average molecular weight is 208 g/mol. The topological polar surface area (TPSA) is 17.1 Å². The van der Waals surface area contributed by atoms with Gasteiger partial charge in [-0.2, -0.15) is 13.2 Å². The largest absolute Gasteiger partial charge is 0.416 e. The van der Waals surface area contributed by atoms with Crippen molar-refractivity contribution >= 4 is 17.9 Å². The molecule has 0 aromatic heterocycles. The quantitative estimate of drug-likeness (QED) is 0.692. The first-order valence-electron chi connectivity index (χ1n) is 3.20. The van der Waals surface area contributed by atoms with E-state index >= 15 is 0 Å². The van der Waals surface area contributed by atoms with Gasteiger partial charge in [0.15, 0.2) is 0 Å². The molecular formula is C8H3ClF3O. The maximum atomic E-state index is 12.1. The Morgan fingerprint density at radius 2 is 1.92 bits per heavy atom. The Hall–Kier alpha value is -1.03. The van der Waals surface area contributed by atoms with Crippen molar-refractivity contribution in [3.63, 3.8) is 0 Å². The molecule has 0 fully saturated rings. The minimum Gasteiger partial charge on any atom is -0.285 e. The van der Waals surface area contributed by atoms with Crippen LogP contribution in [0.15, 0.2) is 18.2 Å². The van der Waals surface area contributed by atoms with Crippen LogP contribution in [0.2, 0.25) is 5.02 Å². The fourth-order valence-corrected chi connectivity index (χ4v) is 0.936. The van der Waals surface area contributed by atoms with Gasteiger partial charge in [0, 0.05) is 5.56 Å². The summed E-state index contributed by atoms with van der Waals surface area (Å²) in [5.41, 5.74) is -1.19. The Bertz CT molecular complexity index is 333. The molecule has 0 atom stereocenters. The van der Waals surface area contributed by atoms with Crippen LogP contribution in [0.25, 0.3) is 0 Å². The molecule has 1 rings (SSSR count). The van der Waals surface area contributed by atoms with Gasteiger partial charge in [-0.25, -0.2) is 0 Å². The Balaban J connectivity index is 3.21. The van der Waals surface area contributed by atoms with Gasteiger partial charge in [0.05, 0.1) is 10.6 Å². The van der Waals surface area contributed by atoms with Crippen molar-refractivity contribution in [1.82, 2.24) is 0 Å². The molecule has 0 aliphatic heterocycles. The summed E-state index contributed by atoms with van der Waals surface area (Å²) in [4.78, 5) is 10.1. The van der Waals surface area contributed by atoms with E-state index in [-0.39, 0.29) is 10.6 Å². The van der Waals surface area contributed by atoms with Crippen molar-refractivity contribution in [1.29, 1.82) is 0 Å². The summed E-state index contributed by atoms with van der Waals surface area (Å²) in [6, 6.07) is 2.49. The summed E-state index contributed by atoms with van der Waals surface area (Å²) in [5.74, 6) is 0. The Kier molecular flexibility index (Phi) is 2.61. The number of rotatable bonds is 1. The molecule has 0 saturated carbocycles. The summed E-state index contributed by atoms with van der Waals surface area (Å²) >= 11 is 5.42. The van der Waals surface area contributed by atoms with E-state index in [0.29, 0.717) is 6.07 Å². The highest BCUT2D eigenvalue weighted by atomic mass is 35.5. The number of hydrogen-bond acceptors (Lipinski definition) is 1. The Morgan fingerprint density at radius 1 is 1.31 bits per heavy atom. The van der Waals surface area contributed by atoms with Crippen LogP contribution in [0.5, 0.6) is 0 Å². The van der Waals surface area contributed by atoms with Crippen LogP contribution in [0.1, 0.15) is 11.1 Å². The molecule has 1 aromatic rings. The van der Waals surface area contributed by atoms with Gasteiger partial charge in [0.25, 0.3) is 0 Å². The van der Waals surface area contributed by atoms with Gasteiger partial charge in [-0.15, -0.1) is 0 Å². The first kappa shape index (κ1) is 10.1. The molecule has 0 saturated heterocycles. The molecule has 5 heteroatoms. The summed E-state index contributed by atoms with van der Waals surface area (Å²) in [7, 11) is 0. The summed E-state index contributed by atoms with van der Waals surface area (Å²) in [6.45, 7) is 0. The zero-order valence-electron chi connectivity index (χ0n) is 6.15. The molecule has 0 aliphatic carbocycles. The zero-order valence-corrected chi connectivity index (χ0v) is 6.91. The number of carbonyl (C=O) groups excluding carboxylic acids is 1. The first-order chi connectivity index (χ1) is 5.95. The van der Waals surface area contributed by atoms with Crippen molar-refractivity contribution in [3.05, 3.63) is 34.3 Å². The summed E-state index contributed by atoms with van der Waals surface area (Å²) < 4.78 is 36.2. The summed E-state index contributed by atoms with van der Waals surface area (Å²) in [5, 5.41) is -0.0389. The molecule has 0 spiro atoms. The average Bonchev–Trinajstić information content (AvgIpc) is 2.03. The van der Waals surface area contributed by atoms with Gasteiger partial charge >= 0.3 is 6.18 Å². The fourth-order valence-electron chi connectivity index (χ4n) is 0.780. The number of hydrogen-bond donors (Lipinski definition) is 0. The maximum absolute atomic E-state index is 12.1. The van der Waals surface area contributed by atoms with E-state index in [1.165, 1.54) is 6.29 Å². The molecule has 69 valence electrons. The molecule has 0 N–H and O–H groups in total. The molecule has 0 unspecified atom stereocenters. The van der Waals surface area contributed by atoms with Crippen molar-refractivity contribution < 1.29 is 18.0 Å². The molecule has 0 bridgehead atoms. The highest BCUT2D eigenvalue weighted by Crippen LogP contribution is 2.31. The molecule has 1 aromatic carbocycles. The second-order valence-corrected chi connectivity index (χ2v) is 2.70. The summed E-state index contributed by atoms with van der Waals surface area (Å²) in [6.07, 6.45) is -3.14. The second kappa shape index (κ2) is 3.38. The van der Waals surface area contributed by atoms with Crippen LogP contribution in [-0.2, 0) is 11.0 Å². The second-order valence-electron chi connectivity index (χ2n) is 2.29. The molecule has 0 amide bonds.